The minimum absolute atomic E-state index is 0.150. The molecule has 174 valence electrons. The molecular weight excluding hydrogens is 452 g/mol. The van der Waals surface area contributed by atoms with Crippen LogP contribution in [0.2, 0.25) is 0 Å². The quantitative estimate of drug-likeness (QED) is 0.336. The second-order valence-electron chi connectivity index (χ2n) is 7.18. The third kappa shape index (κ3) is 5.49. The van der Waals surface area contributed by atoms with Crippen molar-refractivity contribution in [2.75, 3.05) is 24.8 Å². The topological polar surface area (TPSA) is 98.5 Å². The molecule has 4 rings (SSSR count). The summed E-state index contributed by atoms with van der Waals surface area (Å²) < 4.78 is 12.6. The zero-order valence-corrected chi connectivity index (χ0v) is 19.6. The van der Waals surface area contributed by atoms with Gasteiger partial charge in [0.05, 0.1) is 19.5 Å². The molecule has 3 aromatic carbocycles. The van der Waals surface area contributed by atoms with E-state index in [2.05, 4.69) is 15.5 Å². The van der Waals surface area contributed by atoms with Gasteiger partial charge in [0.15, 0.2) is 11.0 Å². The number of phenolic OH excluding ortho intramolecular Hbond substituents is 1. The Morgan fingerprint density at radius 2 is 1.65 bits per heavy atom. The fourth-order valence-electron chi connectivity index (χ4n) is 3.25. The van der Waals surface area contributed by atoms with Gasteiger partial charge in [-0.3, -0.25) is 9.36 Å². The molecule has 1 heterocycles. The predicted octanol–water partition coefficient (Wildman–Crippen LogP) is 4.78. The van der Waals surface area contributed by atoms with Crippen LogP contribution in [0.25, 0.3) is 17.1 Å². The van der Waals surface area contributed by atoms with E-state index >= 15 is 0 Å². The van der Waals surface area contributed by atoms with Gasteiger partial charge in [-0.25, -0.2) is 0 Å². The summed E-state index contributed by atoms with van der Waals surface area (Å²) in [6, 6.07) is 21.5. The first-order chi connectivity index (χ1) is 16.6. The van der Waals surface area contributed by atoms with E-state index in [-0.39, 0.29) is 17.4 Å². The van der Waals surface area contributed by atoms with Crippen LogP contribution in [0.4, 0.5) is 5.69 Å². The molecule has 0 bridgehead atoms. The number of thioether (sulfide) groups is 1. The molecule has 9 heteroatoms. The fourth-order valence-corrected chi connectivity index (χ4v) is 4.01. The zero-order valence-electron chi connectivity index (χ0n) is 18.8. The van der Waals surface area contributed by atoms with E-state index in [0.717, 1.165) is 22.7 Å². The Morgan fingerprint density at radius 3 is 2.29 bits per heavy atom. The highest BCUT2D eigenvalue weighted by atomic mass is 32.2. The largest absolute Gasteiger partial charge is 0.508 e. The van der Waals surface area contributed by atoms with Gasteiger partial charge >= 0.3 is 0 Å². The van der Waals surface area contributed by atoms with Crippen molar-refractivity contribution >= 4 is 23.4 Å². The van der Waals surface area contributed by atoms with Gasteiger partial charge in [-0.2, -0.15) is 0 Å². The lowest BCUT2D eigenvalue weighted by Crippen LogP contribution is -2.14. The maximum Gasteiger partial charge on any atom is 0.234 e. The summed E-state index contributed by atoms with van der Waals surface area (Å²) in [5, 5.41) is 21.8. The van der Waals surface area contributed by atoms with E-state index < -0.39 is 0 Å². The summed E-state index contributed by atoms with van der Waals surface area (Å²) in [4.78, 5) is 12.6. The van der Waals surface area contributed by atoms with Crippen molar-refractivity contribution in [3.05, 3.63) is 72.8 Å². The molecule has 0 aliphatic rings. The van der Waals surface area contributed by atoms with Gasteiger partial charge in [0.25, 0.3) is 0 Å². The highest BCUT2D eigenvalue weighted by Crippen LogP contribution is 2.30. The Bertz CT molecular complexity index is 1240. The van der Waals surface area contributed by atoms with Crippen LogP contribution in [0.15, 0.2) is 78.0 Å². The Labute approximate surface area is 201 Å². The highest BCUT2D eigenvalue weighted by Gasteiger charge is 2.17. The molecule has 0 unspecified atom stereocenters. The maximum atomic E-state index is 12.6. The molecule has 1 aromatic heterocycles. The lowest BCUT2D eigenvalue weighted by atomic mass is 10.2. The summed E-state index contributed by atoms with van der Waals surface area (Å²) in [6.45, 7) is 2.51. The molecule has 0 spiro atoms. The van der Waals surface area contributed by atoms with E-state index in [9.17, 15) is 9.90 Å². The van der Waals surface area contributed by atoms with Gasteiger partial charge in [0, 0.05) is 16.9 Å². The number of aromatic nitrogens is 3. The molecular formula is C25H24N4O4S. The van der Waals surface area contributed by atoms with Crippen molar-refractivity contribution in [3.8, 4) is 34.3 Å². The van der Waals surface area contributed by atoms with Crippen LogP contribution in [0.1, 0.15) is 6.92 Å². The number of rotatable bonds is 9. The van der Waals surface area contributed by atoms with Crippen molar-refractivity contribution in [1.29, 1.82) is 0 Å². The highest BCUT2D eigenvalue weighted by molar-refractivity contribution is 7.99. The molecule has 4 aromatic rings. The first kappa shape index (κ1) is 23.2. The van der Waals surface area contributed by atoms with E-state index in [0.29, 0.717) is 23.3 Å². The predicted molar refractivity (Wildman–Crippen MR) is 132 cm³/mol. The standard InChI is InChI=1S/C25H24N4O4S/c1-3-33-22-12-6-18(7-13-22)26-23(31)16-34-25-28-27-24(17-4-10-20(30)11-5-17)29(25)19-8-14-21(32-2)15-9-19/h4-15,30H,3,16H2,1-2H3,(H,26,31). The monoisotopic (exact) mass is 476 g/mol. The smallest absolute Gasteiger partial charge is 0.234 e. The number of aromatic hydroxyl groups is 1. The third-order valence-electron chi connectivity index (χ3n) is 4.87. The third-order valence-corrected chi connectivity index (χ3v) is 5.80. The van der Waals surface area contributed by atoms with Gasteiger partial charge in [-0.05, 0) is 79.7 Å². The van der Waals surface area contributed by atoms with Crippen molar-refractivity contribution < 1.29 is 19.4 Å². The molecule has 0 saturated heterocycles. The average molecular weight is 477 g/mol. The zero-order chi connectivity index (χ0) is 23.9. The van der Waals surface area contributed by atoms with Crippen LogP contribution >= 0.6 is 11.8 Å². The van der Waals surface area contributed by atoms with Crippen LogP contribution < -0.4 is 14.8 Å². The van der Waals surface area contributed by atoms with Crippen LogP contribution in [0.3, 0.4) is 0 Å². The number of phenols is 1. The lowest BCUT2D eigenvalue weighted by Gasteiger charge is -2.11. The minimum atomic E-state index is -0.162. The number of nitrogens with one attached hydrogen (secondary N) is 1. The van der Waals surface area contributed by atoms with Gasteiger partial charge in [0.2, 0.25) is 5.91 Å². The maximum absolute atomic E-state index is 12.6. The van der Waals surface area contributed by atoms with Crippen LogP contribution in [-0.2, 0) is 4.79 Å². The number of carbonyl (C=O) groups excluding carboxylic acids is 1. The number of anilines is 1. The van der Waals surface area contributed by atoms with Crippen LogP contribution in [0.5, 0.6) is 17.2 Å². The first-order valence-electron chi connectivity index (χ1n) is 10.6. The Balaban J connectivity index is 1.54. The fraction of sp³-hybridized carbons (Fsp3) is 0.160. The molecule has 0 fully saturated rings. The average Bonchev–Trinajstić information content (AvgIpc) is 3.28. The molecule has 0 atom stereocenters. The van der Waals surface area contributed by atoms with Crippen molar-refractivity contribution in [2.45, 2.75) is 12.1 Å². The number of nitrogens with zero attached hydrogens (tertiary/aromatic N) is 3. The molecule has 0 aliphatic heterocycles. The Hall–Kier alpha value is -3.98. The van der Waals surface area contributed by atoms with Crippen LogP contribution in [0, 0.1) is 0 Å². The number of methoxy groups -OCH3 is 1. The molecule has 0 aliphatic carbocycles. The molecule has 0 radical (unpaired) electrons. The molecule has 2 N–H and O–H groups in total. The summed E-state index contributed by atoms with van der Waals surface area (Å²) in [7, 11) is 1.61. The number of benzene rings is 3. The second-order valence-corrected chi connectivity index (χ2v) is 8.12. The normalized spacial score (nSPS) is 10.6. The molecule has 8 nitrogen and oxygen atoms in total. The van der Waals surface area contributed by atoms with Gasteiger partial charge in [-0.1, -0.05) is 11.8 Å². The number of hydrogen-bond acceptors (Lipinski definition) is 7. The van der Waals surface area contributed by atoms with E-state index in [4.69, 9.17) is 9.47 Å². The summed E-state index contributed by atoms with van der Waals surface area (Å²) in [6.07, 6.45) is 0. The van der Waals surface area contributed by atoms with Gasteiger partial charge < -0.3 is 19.9 Å². The second kappa shape index (κ2) is 10.8. The van der Waals surface area contributed by atoms with Gasteiger partial charge in [-0.15, -0.1) is 10.2 Å². The Morgan fingerprint density at radius 1 is 0.971 bits per heavy atom. The van der Waals surface area contributed by atoms with Crippen molar-refractivity contribution in [1.82, 2.24) is 14.8 Å². The first-order valence-corrected chi connectivity index (χ1v) is 11.6. The van der Waals surface area contributed by atoms with E-state index in [1.165, 1.54) is 11.8 Å². The van der Waals surface area contributed by atoms with E-state index in [1.807, 2.05) is 47.9 Å². The summed E-state index contributed by atoms with van der Waals surface area (Å²) >= 11 is 1.28. The molecule has 1 amide bonds. The molecule has 0 saturated carbocycles. The number of carbonyl (C=O) groups is 1. The van der Waals surface area contributed by atoms with Crippen molar-refractivity contribution in [2.24, 2.45) is 0 Å². The SMILES string of the molecule is CCOc1ccc(NC(=O)CSc2nnc(-c3ccc(O)cc3)n2-c2ccc(OC)cc2)cc1. The van der Waals surface area contributed by atoms with Gasteiger partial charge in [0.1, 0.15) is 17.2 Å². The number of ether oxygens (including phenoxy) is 2. The number of amides is 1. The Kier molecular flexibility index (Phi) is 7.34. The van der Waals surface area contributed by atoms with Crippen LogP contribution in [-0.4, -0.2) is 45.2 Å². The van der Waals surface area contributed by atoms with E-state index in [1.54, 1.807) is 43.5 Å². The minimum Gasteiger partial charge on any atom is -0.508 e. The van der Waals surface area contributed by atoms with Crippen molar-refractivity contribution in [3.63, 3.8) is 0 Å². The number of hydrogen-bond donors (Lipinski definition) is 2. The summed E-state index contributed by atoms with van der Waals surface area (Å²) in [5.74, 6) is 2.23. The lowest BCUT2D eigenvalue weighted by molar-refractivity contribution is -0.113. The molecule has 34 heavy (non-hydrogen) atoms. The summed E-state index contributed by atoms with van der Waals surface area (Å²) in [5.41, 5.74) is 2.30.